The van der Waals surface area contributed by atoms with Crippen LogP contribution in [0, 0.1) is 5.92 Å². The van der Waals surface area contributed by atoms with Gasteiger partial charge < -0.3 is 14.5 Å². The van der Waals surface area contributed by atoms with E-state index in [4.69, 9.17) is 4.74 Å². The van der Waals surface area contributed by atoms with Crippen molar-refractivity contribution in [2.24, 2.45) is 5.92 Å². The van der Waals surface area contributed by atoms with Gasteiger partial charge in [-0.1, -0.05) is 42.5 Å². The molecule has 0 radical (unpaired) electrons. The highest BCUT2D eigenvalue weighted by Gasteiger charge is 2.41. The number of carbonyl (C=O) groups excluding carboxylic acids is 1. The van der Waals surface area contributed by atoms with Crippen molar-refractivity contribution < 1.29 is 9.53 Å². The Kier molecular flexibility index (Phi) is 7.12. The minimum absolute atomic E-state index is 0.0614. The number of amides is 1. The average molecular weight is 510 g/mol. The number of hydrogen-bond donors (Lipinski definition) is 0. The van der Waals surface area contributed by atoms with Gasteiger partial charge in [-0.15, -0.1) is 0 Å². The van der Waals surface area contributed by atoms with E-state index < -0.39 is 0 Å². The molecule has 3 atom stereocenters. The second-order valence-electron chi connectivity index (χ2n) is 11.0. The van der Waals surface area contributed by atoms with Crippen LogP contribution in [0.25, 0.3) is 0 Å². The maximum absolute atomic E-state index is 13.0. The number of nitrogens with zero attached hydrogens (tertiary/aromatic N) is 3. The van der Waals surface area contributed by atoms with Gasteiger partial charge in [0.25, 0.3) is 5.91 Å². The van der Waals surface area contributed by atoms with Crippen molar-refractivity contribution in [3.05, 3.63) is 83.9 Å². The molecule has 5 nitrogen and oxygen atoms in total. The molecule has 3 aliphatic heterocycles. The third-order valence-electron chi connectivity index (χ3n) is 8.85. The molecule has 3 aromatic carbocycles. The van der Waals surface area contributed by atoms with E-state index in [0.29, 0.717) is 36.7 Å². The molecule has 1 amide bonds. The maximum atomic E-state index is 13.0. The van der Waals surface area contributed by atoms with E-state index >= 15 is 0 Å². The second kappa shape index (κ2) is 10.8. The van der Waals surface area contributed by atoms with Crippen LogP contribution >= 0.6 is 0 Å². The van der Waals surface area contributed by atoms with Crippen molar-refractivity contribution in [2.75, 3.05) is 31.1 Å². The number of para-hydroxylation sites is 2. The van der Waals surface area contributed by atoms with Crippen LogP contribution in [0.1, 0.15) is 55.5 Å². The monoisotopic (exact) mass is 509 g/mol. The molecule has 3 aliphatic rings. The van der Waals surface area contributed by atoms with Gasteiger partial charge in [0.15, 0.2) is 11.5 Å². The molecule has 6 rings (SSSR count). The summed E-state index contributed by atoms with van der Waals surface area (Å²) in [7, 11) is 0. The van der Waals surface area contributed by atoms with Gasteiger partial charge in [0.1, 0.15) is 0 Å². The Labute approximate surface area is 227 Å². The zero-order valence-electron chi connectivity index (χ0n) is 22.7. The molecule has 0 saturated carbocycles. The SMILES string of the molecule is CCN(CC)C(=O)c1ccc2c(c1)Oc1ccccc1N2CC1C[C@H]2CC[C@@H](C1)N2CCc1ccccc1. The van der Waals surface area contributed by atoms with Crippen molar-refractivity contribution >= 4 is 17.3 Å². The standard InChI is InChI=1S/C33H39N3O2/c1-3-34(4-2)33(37)26-14-17-30-32(22-26)38-31-13-9-8-12-29(31)36(30)23-25-20-27-15-16-28(21-25)35(27)19-18-24-10-6-5-7-11-24/h5-14,17,22,25,27-28H,3-4,15-16,18-21,23H2,1-2H3/t25?,27-,28+. The predicted molar refractivity (Wildman–Crippen MR) is 154 cm³/mol. The van der Waals surface area contributed by atoms with Gasteiger partial charge in [0.05, 0.1) is 11.4 Å². The van der Waals surface area contributed by atoms with Crippen LogP contribution in [0.2, 0.25) is 0 Å². The Bertz CT molecular complexity index is 1260. The molecule has 0 spiro atoms. The normalized spacial score (nSPS) is 21.9. The van der Waals surface area contributed by atoms with Crippen LogP contribution in [0.15, 0.2) is 72.8 Å². The first-order valence-corrected chi connectivity index (χ1v) is 14.4. The Hall–Kier alpha value is -3.31. The van der Waals surface area contributed by atoms with Gasteiger partial charge in [-0.2, -0.15) is 0 Å². The summed E-state index contributed by atoms with van der Waals surface area (Å²) >= 11 is 0. The van der Waals surface area contributed by atoms with Crippen molar-refractivity contribution in [3.8, 4) is 11.5 Å². The van der Waals surface area contributed by atoms with Crippen molar-refractivity contribution in [3.63, 3.8) is 0 Å². The van der Waals surface area contributed by atoms with Gasteiger partial charge >= 0.3 is 0 Å². The molecule has 2 bridgehead atoms. The smallest absolute Gasteiger partial charge is 0.253 e. The van der Waals surface area contributed by atoms with Crippen LogP contribution in [-0.4, -0.2) is 54.0 Å². The summed E-state index contributed by atoms with van der Waals surface area (Å²) in [5.41, 5.74) is 4.33. The Morgan fingerprint density at radius 3 is 2.29 bits per heavy atom. The minimum Gasteiger partial charge on any atom is -0.453 e. The number of carbonyl (C=O) groups is 1. The first-order chi connectivity index (χ1) is 18.6. The van der Waals surface area contributed by atoms with E-state index in [9.17, 15) is 4.79 Å². The van der Waals surface area contributed by atoms with Crippen molar-refractivity contribution in [1.29, 1.82) is 0 Å². The highest BCUT2D eigenvalue weighted by molar-refractivity contribution is 5.96. The number of piperidine rings is 1. The number of benzene rings is 3. The van der Waals surface area contributed by atoms with Crippen LogP contribution in [0.5, 0.6) is 11.5 Å². The lowest BCUT2D eigenvalue weighted by Crippen LogP contribution is -2.46. The predicted octanol–water partition coefficient (Wildman–Crippen LogP) is 6.90. The number of anilines is 2. The second-order valence-corrected chi connectivity index (χ2v) is 11.0. The molecule has 0 aliphatic carbocycles. The van der Waals surface area contributed by atoms with E-state index in [0.717, 1.165) is 35.8 Å². The highest BCUT2D eigenvalue weighted by atomic mass is 16.5. The first kappa shape index (κ1) is 25.0. The van der Waals surface area contributed by atoms with E-state index in [1.165, 1.54) is 37.8 Å². The topological polar surface area (TPSA) is 36.0 Å². The van der Waals surface area contributed by atoms with Crippen LogP contribution < -0.4 is 9.64 Å². The van der Waals surface area contributed by atoms with E-state index in [-0.39, 0.29) is 5.91 Å². The fraction of sp³-hybridized carbons (Fsp3) is 0.424. The molecule has 2 fully saturated rings. The Balaban J connectivity index is 1.20. The first-order valence-electron chi connectivity index (χ1n) is 14.4. The van der Waals surface area contributed by atoms with Crippen LogP contribution in [0.3, 0.4) is 0 Å². The summed E-state index contributed by atoms with van der Waals surface area (Å²) in [6.45, 7) is 7.60. The number of rotatable bonds is 8. The lowest BCUT2D eigenvalue weighted by atomic mass is 9.89. The Morgan fingerprint density at radius 2 is 1.55 bits per heavy atom. The third-order valence-corrected chi connectivity index (χ3v) is 8.85. The summed E-state index contributed by atoms with van der Waals surface area (Å²) in [5, 5.41) is 0. The zero-order valence-corrected chi connectivity index (χ0v) is 22.7. The van der Waals surface area contributed by atoms with Gasteiger partial charge in [-0.05, 0) is 87.8 Å². The molecule has 1 unspecified atom stereocenters. The fourth-order valence-electron chi connectivity index (χ4n) is 6.92. The summed E-state index contributed by atoms with van der Waals surface area (Å²) in [4.78, 5) is 20.2. The molecule has 3 heterocycles. The van der Waals surface area contributed by atoms with Crippen LogP contribution in [-0.2, 0) is 6.42 Å². The molecule has 3 aromatic rings. The van der Waals surface area contributed by atoms with Gasteiger partial charge in [-0.25, -0.2) is 0 Å². The maximum Gasteiger partial charge on any atom is 0.253 e. The summed E-state index contributed by atoms with van der Waals surface area (Å²) < 4.78 is 6.36. The number of hydrogen-bond acceptors (Lipinski definition) is 4. The molecule has 38 heavy (non-hydrogen) atoms. The lowest BCUT2D eigenvalue weighted by molar-refractivity contribution is 0.0772. The summed E-state index contributed by atoms with van der Waals surface area (Å²) in [6.07, 6.45) is 6.28. The average Bonchev–Trinajstić information content (AvgIpc) is 3.19. The van der Waals surface area contributed by atoms with E-state index in [2.05, 4.69) is 58.3 Å². The minimum atomic E-state index is 0.0614. The van der Waals surface area contributed by atoms with Crippen LogP contribution in [0.4, 0.5) is 11.4 Å². The lowest BCUT2D eigenvalue weighted by Gasteiger charge is -2.42. The molecule has 2 saturated heterocycles. The molecule has 5 heteroatoms. The van der Waals surface area contributed by atoms with Crippen molar-refractivity contribution in [2.45, 2.75) is 58.0 Å². The van der Waals surface area contributed by atoms with E-state index in [1.807, 2.05) is 43.0 Å². The van der Waals surface area contributed by atoms with Gasteiger partial charge in [0.2, 0.25) is 0 Å². The zero-order chi connectivity index (χ0) is 26.1. The fourth-order valence-corrected chi connectivity index (χ4v) is 6.92. The molecular weight excluding hydrogens is 470 g/mol. The Morgan fingerprint density at radius 1 is 0.868 bits per heavy atom. The highest BCUT2D eigenvalue weighted by Crippen LogP contribution is 2.48. The van der Waals surface area contributed by atoms with E-state index in [1.54, 1.807) is 0 Å². The number of fused-ring (bicyclic) bond motifs is 4. The molecule has 0 aromatic heterocycles. The molecular formula is C33H39N3O2. The largest absolute Gasteiger partial charge is 0.453 e. The summed E-state index contributed by atoms with van der Waals surface area (Å²) in [6, 6.07) is 26.6. The van der Waals surface area contributed by atoms with Gasteiger partial charge in [0, 0.05) is 43.8 Å². The third kappa shape index (κ3) is 4.80. The molecule has 198 valence electrons. The van der Waals surface area contributed by atoms with Crippen molar-refractivity contribution in [1.82, 2.24) is 9.80 Å². The summed E-state index contributed by atoms with van der Waals surface area (Å²) in [5.74, 6) is 2.35. The quantitative estimate of drug-likeness (QED) is 0.331. The van der Waals surface area contributed by atoms with Gasteiger partial charge in [-0.3, -0.25) is 9.69 Å². The number of ether oxygens (including phenoxy) is 1. The molecule has 0 N–H and O–H groups in total.